The lowest BCUT2D eigenvalue weighted by Crippen LogP contribution is -1.82. The first-order valence-electron chi connectivity index (χ1n) is 4.25. The highest BCUT2D eigenvalue weighted by Gasteiger charge is 1.95. The maximum atomic E-state index is 5.52. The summed E-state index contributed by atoms with van der Waals surface area (Å²) in [4.78, 5) is 0. The highest BCUT2D eigenvalue weighted by Crippen LogP contribution is 2.13. The molecule has 72 valence electrons. The topological polar surface area (TPSA) is 51.8 Å². The number of nitrogens with zero attached hydrogens (tertiary/aromatic N) is 2. The Labute approximate surface area is 83.4 Å². The lowest BCUT2D eigenvalue weighted by molar-refractivity contribution is 1.09. The molecule has 1 aromatic carbocycles. The van der Waals surface area contributed by atoms with Gasteiger partial charge in [-0.15, -0.1) is 0 Å². The van der Waals surface area contributed by atoms with Crippen LogP contribution in [0.3, 0.4) is 0 Å². The number of benzene rings is 1. The molecule has 0 aliphatic heterocycles. The third-order valence-corrected chi connectivity index (χ3v) is 1.83. The van der Waals surface area contributed by atoms with E-state index in [4.69, 9.17) is 5.73 Å². The van der Waals surface area contributed by atoms with E-state index < -0.39 is 0 Å². The van der Waals surface area contributed by atoms with Crippen molar-refractivity contribution in [2.45, 2.75) is 20.3 Å². The van der Waals surface area contributed by atoms with Gasteiger partial charge in [0.1, 0.15) is 11.0 Å². The molecule has 0 fully saturated rings. The first kappa shape index (κ1) is 9.92. The predicted molar refractivity (Wildman–Crippen MR) is 59.9 cm³/mol. The third kappa shape index (κ3) is 2.66. The minimum absolute atomic E-state index is 0. The van der Waals surface area contributed by atoms with Crippen LogP contribution in [0.25, 0.3) is 11.0 Å². The van der Waals surface area contributed by atoms with E-state index in [1.807, 2.05) is 18.2 Å². The van der Waals surface area contributed by atoms with Crippen LogP contribution in [0.5, 0.6) is 0 Å². The van der Waals surface area contributed by atoms with Gasteiger partial charge in [0.2, 0.25) is 0 Å². The minimum atomic E-state index is 0. The Kier molecular flexibility index (Phi) is 3.64. The van der Waals surface area contributed by atoms with Gasteiger partial charge >= 0.3 is 0 Å². The van der Waals surface area contributed by atoms with E-state index in [1.165, 1.54) is 18.1 Å². The molecule has 3 nitrogen and oxygen atoms in total. The molecule has 0 saturated carbocycles. The van der Waals surface area contributed by atoms with Crippen molar-refractivity contribution in [3.8, 4) is 0 Å². The van der Waals surface area contributed by atoms with Crippen molar-refractivity contribution in [2.75, 3.05) is 5.73 Å². The first-order chi connectivity index (χ1) is 6.27. The predicted octanol–water partition coefficient (Wildman–Crippen LogP) is 2.94. The van der Waals surface area contributed by atoms with Gasteiger partial charge in [-0.05, 0) is 18.2 Å². The number of nitrogens with two attached hydrogens (primary N) is 1. The van der Waals surface area contributed by atoms with Crippen LogP contribution in [0.15, 0.2) is 18.2 Å². The standard InChI is InChI=1S/C6H5N3S.C3H8.H2/c7-4-1-2-5-6(3-4)9-10-8-5;1-3-2;/h1-3H,7H2;3H2,1-2H3;1H. The molecule has 1 heterocycles. The zero-order valence-corrected chi connectivity index (χ0v) is 8.64. The molecule has 0 radical (unpaired) electrons. The van der Waals surface area contributed by atoms with Crippen LogP contribution in [0.2, 0.25) is 0 Å². The van der Waals surface area contributed by atoms with E-state index in [0.29, 0.717) is 0 Å². The van der Waals surface area contributed by atoms with Gasteiger partial charge in [0.25, 0.3) is 0 Å². The average molecular weight is 197 g/mol. The van der Waals surface area contributed by atoms with Crippen molar-refractivity contribution in [1.29, 1.82) is 0 Å². The van der Waals surface area contributed by atoms with Crippen LogP contribution < -0.4 is 5.73 Å². The van der Waals surface area contributed by atoms with E-state index in [-0.39, 0.29) is 1.43 Å². The van der Waals surface area contributed by atoms with Gasteiger partial charge in [-0.25, -0.2) is 0 Å². The number of nitrogen functional groups attached to an aromatic ring is 1. The van der Waals surface area contributed by atoms with E-state index in [0.717, 1.165) is 16.7 Å². The van der Waals surface area contributed by atoms with Crippen molar-refractivity contribution >= 4 is 28.4 Å². The number of aromatic nitrogens is 2. The summed E-state index contributed by atoms with van der Waals surface area (Å²) in [6.07, 6.45) is 1.25. The number of fused-ring (bicyclic) bond motifs is 1. The summed E-state index contributed by atoms with van der Waals surface area (Å²) in [5.41, 5.74) is 8.05. The summed E-state index contributed by atoms with van der Waals surface area (Å²) in [7, 11) is 0. The Bertz CT molecular complexity index is 375. The molecule has 0 amide bonds. The molecule has 1 aromatic heterocycles. The minimum Gasteiger partial charge on any atom is -0.399 e. The Morgan fingerprint density at radius 2 is 1.92 bits per heavy atom. The van der Waals surface area contributed by atoms with Crippen LogP contribution >= 0.6 is 11.7 Å². The monoisotopic (exact) mass is 197 g/mol. The van der Waals surface area contributed by atoms with Crippen molar-refractivity contribution < 1.29 is 1.43 Å². The van der Waals surface area contributed by atoms with Crippen molar-refractivity contribution in [3.63, 3.8) is 0 Å². The van der Waals surface area contributed by atoms with Crippen molar-refractivity contribution in [2.24, 2.45) is 0 Å². The van der Waals surface area contributed by atoms with E-state index in [2.05, 4.69) is 22.6 Å². The van der Waals surface area contributed by atoms with Gasteiger partial charge < -0.3 is 5.73 Å². The average Bonchev–Trinajstić information content (AvgIpc) is 2.52. The van der Waals surface area contributed by atoms with Crippen molar-refractivity contribution in [3.05, 3.63) is 18.2 Å². The smallest absolute Gasteiger partial charge is 0.106 e. The number of anilines is 1. The Balaban J connectivity index is 0.000000381. The first-order valence-corrected chi connectivity index (χ1v) is 4.98. The van der Waals surface area contributed by atoms with Crippen LogP contribution in [0.4, 0.5) is 5.69 Å². The number of rotatable bonds is 0. The second-order valence-corrected chi connectivity index (χ2v) is 3.25. The lowest BCUT2D eigenvalue weighted by atomic mass is 10.3. The Hall–Kier alpha value is -1.16. The summed E-state index contributed by atoms with van der Waals surface area (Å²) < 4.78 is 8.06. The highest BCUT2D eigenvalue weighted by molar-refractivity contribution is 7.00. The molecule has 0 saturated heterocycles. The molecular weight excluding hydrogens is 182 g/mol. The third-order valence-electron chi connectivity index (χ3n) is 1.28. The van der Waals surface area contributed by atoms with Gasteiger partial charge in [-0.3, -0.25) is 0 Å². The molecular formula is C9H15N3S. The summed E-state index contributed by atoms with van der Waals surface area (Å²) in [5.74, 6) is 0. The molecule has 2 rings (SSSR count). The van der Waals surface area contributed by atoms with E-state index in [9.17, 15) is 0 Å². The molecule has 2 aromatic rings. The SMILES string of the molecule is CCC.Nc1ccc2nsnc2c1.[HH]. The quantitative estimate of drug-likeness (QED) is 0.661. The van der Waals surface area contributed by atoms with Crippen LogP contribution in [-0.4, -0.2) is 8.75 Å². The Morgan fingerprint density at radius 3 is 2.62 bits per heavy atom. The zero-order valence-electron chi connectivity index (χ0n) is 7.82. The fourth-order valence-electron chi connectivity index (χ4n) is 0.799. The fraction of sp³-hybridized carbons (Fsp3) is 0.333. The van der Waals surface area contributed by atoms with Crippen molar-refractivity contribution in [1.82, 2.24) is 8.75 Å². The van der Waals surface area contributed by atoms with Gasteiger partial charge in [-0.1, -0.05) is 20.3 Å². The fourth-order valence-corrected chi connectivity index (χ4v) is 1.32. The van der Waals surface area contributed by atoms with Gasteiger partial charge in [-0.2, -0.15) is 8.75 Å². The summed E-state index contributed by atoms with van der Waals surface area (Å²) in [5, 5.41) is 0. The summed E-state index contributed by atoms with van der Waals surface area (Å²) in [6, 6.07) is 5.51. The van der Waals surface area contributed by atoms with Crippen LogP contribution in [-0.2, 0) is 0 Å². The largest absolute Gasteiger partial charge is 0.399 e. The summed E-state index contributed by atoms with van der Waals surface area (Å²) in [6.45, 7) is 4.25. The summed E-state index contributed by atoms with van der Waals surface area (Å²) >= 11 is 1.21. The second-order valence-electron chi connectivity index (χ2n) is 2.72. The highest BCUT2D eigenvalue weighted by atomic mass is 32.1. The Morgan fingerprint density at radius 1 is 1.31 bits per heavy atom. The lowest BCUT2D eigenvalue weighted by Gasteiger charge is -1.87. The second kappa shape index (κ2) is 4.77. The maximum Gasteiger partial charge on any atom is 0.106 e. The molecule has 0 bridgehead atoms. The molecule has 13 heavy (non-hydrogen) atoms. The normalized spacial score (nSPS) is 9.38. The molecule has 0 atom stereocenters. The van der Waals surface area contributed by atoms with Gasteiger partial charge in [0.05, 0.1) is 11.7 Å². The van der Waals surface area contributed by atoms with Gasteiger partial charge in [0, 0.05) is 7.11 Å². The maximum absolute atomic E-state index is 5.52. The molecule has 0 spiro atoms. The van der Waals surface area contributed by atoms with E-state index >= 15 is 0 Å². The van der Waals surface area contributed by atoms with Gasteiger partial charge in [0.15, 0.2) is 0 Å². The van der Waals surface area contributed by atoms with Crippen LogP contribution in [0, 0.1) is 0 Å². The molecule has 0 aliphatic rings. The molecule has 2 N–H and O–H groups in total. The molecule has 0 unspecified atom stereocenters. The molecule has 4 heteroatoms. The molecule has 0 aliphatic carbocycles. The van der Waals surface area contributed by atoms with E-state index in [1.54, 1.807) is 0 Å². The number of hydrogen-bond acceptors (Lipinski definition) is 4. The number of hydrogen-bond donors (Lipinski definition) is 1. The van der Waals surface area contributed by atoms with Crippen LogP contribution in [0.1, 0.15) is 21.7 Å². The zero-order chi connectivity index (χ0) is 9.68.